The van der Waals surface area contributed by atoms with Crippen molar-refractivity contribution in [2.45, 2.75) is 43.9 Å². The first-order valence-corrected chi connectivity index (χ1v) is 11.3. The van der Waals surface area contributed by atoms with Gasteiger partial charge in [-0.1, -0.05) is 26.0 Å². The summed E-state index contributed by atoms with van der Waals surface area (Å²) < 4.78 is 33.9. The molecule has 0 amide bonds. The molecular formula is C22H30FN3O2S. The SMILES string of the molecule is COc1nc2c(cc1N[S+]([O-])c1ccc(C(C)C)cc1)CCN(CCCF)CC2. The molecule has 1 aliphatic rings. The molecule has 5 nitrogen and oxygen atoms in total. The van der Waals surface area contributed by atoms with Crippen LogP contribution < -0.4 is 9.46 Å². The number of nitrogens with zero attached hydrogens (tertiary/aromatic N) is 2. The van der Waals surface area contributed by atoms with Gasteiger partial charge in [-0.15, -0.1) is 0 Å². The lowest BCUT2D eigenvalue weighted by atomic mass is 10.0. The molecule has 1 aromatic heterocycles. The number of methoxy groups -OCH3 is 1. The van der Waals surface area contributed by atoms with Crippen molar-refractivity contribution >= 4 is 17.0 Å². The van der Waals surface area contributed by atoms with Crippen LogP contribution in [0.25, 0.3) is 0 Å². The minimum atomic E-state index is -1.41. The second kappa shape index (κ2) is 10.3. The summed E-state index contributed by atoms with van der Waals surface area (Å²) in [6.07, 6.45) is 2.20. The van der Waals surface area contributed by atoms with E-state index in [0.29, 0.717) is 28.8 Å². The number of alkyl halides is 1. The molecule has 7 heteroatoms. The highest BCUT2D eigenvalue weighted by atomic mass is 32.2. The Balaban J connectivity index is 1.75. The minimum Gasteiger partial charge on any atom is -0.588 e. The smallest absolute Gasteiger partial charge is 0.241 e. The van der Waals surface area contributed by atoms with E-state index >= 15 is 0 Å². The molecule has 0 saturated heterocycles. The average molecular weight is 420 g/mol. The molecule has 29 heavy (non-hydrogen) atoms. The summed E-state index contributed by atoms with van der Waals surface area (Å²) in [5.41, 5.74) is 3.98. The van der Waals surface area contributed by atoms with Crippen LogP contribution >= 0.6 is 0 Å². The number of hydrogen-bond donors (Lipinski definition) is 1. The van der Waals surface area contributed by atoms with Crippen LogP contribution in [0.3, 0.4) is 0 Å². The normalized spacial score (nSPS) is 15.7. The van der Waals surface area contributed by atoms with Gasteiger partial charge in [0.05, 0.1) is 13.8 Å². The molecule has 0 saturated carbocycles. The fourth-order valence-electron chi connectivity index (χ4n) is 3.53. The van der Waals surface area contributed by atoms with Gasteiger partial charge in [-0.25, -0.2) is 4.98 Å². The van der Waals surface area contributed by atoms with Gasteiger partial charge in [-0.05, 0) is 48.1 Å². The summed E-state index contributed by atoms with van der Waals surface area (Å²) in [7, 11) is 1.57. The van der Waals surface area contributed by atoms with Crippen molar-refractivity contribution in [3.05, 3.63) is 47.2 Å². The van der Waals surface area contributed by atoms with Crippen molar-refractivity contribution in [3.8, 4) is 5.88 Å². The van der Waals surface area contributed by atoms with Gasteiger partial charge in [-0.2, -0.15) is 4.72 Å². The third-order valence-electron chi connectivity index (χ3n) is 5.28. The molecule has 1 atom stereocenters. The Labute approximate surface area is 176 Å². The van der Waals surface area contributed by atoms with Crippen LogP contribution in [0.15, 0.2) is 35.2 Å². The lowest BCUT2D eigenvalue weighted by molar-refractivity contribution is 0.270. The Morgan fingerprint density at radius 1 is 1.24 bits per heavy atom. The highest BCUT2D eigenvalue weighted by molar-refractivity contribution is 7.92. The fourth-order valence-corrected chi connectivity index (χ4v) is 4.38. The largest absolute Gasteiger partial charge is 0.588 e. The molecule has 2 heterocycles. The monoisotopic (exact) mass is 419 g/mol. The molecule has 1 N–H and O–H groups in total. The average Bonchev–Trinajstić information content (AvgIpc) is 2.93. The van der Waals surface area contributed by atoms with Crippen molar-refractivity contribution in [1.82, 2.24) is 9.88 Å². The number of benzene rings is 1. The van der Waals surface area contributed by atoms with E-state index in [0.717, 1.165) is 43.7 Å². The van der Waals surface area contributed by atoms with E-state index in [2.05, 4.69) is 28.5 Å². The molecule has 0 radical (unpaired) electrons. The van der Waals surface area contributed by atoms with Gasteiger partial charge < -0.3 is 14.2 Å². The molecule has 2 aromatic rings. The van der Waals surface area contributed by atoms with Crippen LogP contribution in [-0.4, -0.2) is 47.9 Å². The summed E-state index contributed by atoms with van der Waals surface area (Å²) in [6, 6.07) is 9.81. The molecule has 1 aromatic carbocycles. The number of pyridine rings is 1. The van der Waals surface area contributed by atoms with Crippen LogP contribution in [0.2, 0.25) is 0 Å². The van der Waals surface area contributed by atoms with Gasteiger partial charge in [0.1, 0.15) is 17.0 Å². The Morgan fingerprint density at radius 2 is 1.97 bits per heavy atom. The predicted octanol–water partition coefficient (Wildman–Crippen LogP) is 4.11. The van der Waals surface area contributed by atoms with E-state index in [1.807, 2.05) is 30.3 Å². The van der Waals surface area contributed by atoms with Crippen LogP contribution in [0.4, 0.5) is 10.1 Å². The maximum Gasteiger partial charge on any atom is 0.241 e. The highest BCUT2D eigenvalue weighted by Gasteiger charge is 2.21. The van der Waals surface area contributed by atoms with Crippen molar-refractivity contribution in [1.29, 1.82) is 0 Å². The zero-order chi connectivity index (χ0) is 20.8. The van der Waals surface area contributed by atoms with Gasteiger partial charge in [-0.3, -0.25) is 4.39 Å². The van der Waals surface area contributed by atoms with E-state index < -0.39 is 11.4 Å². The Hall–Kier alpha value is -1.83. The molecule has 1 unspecified atom stereocenters. The summed E-state index contributed by atoms with van der Waals surface area (Å²) in [6.45, 7) is 6.49. The fraction of sp³-hybridized carbons (Fsp3) is 0.500. The van der Waals surface area contributed by atoms with Crippen LogP contribution in [0, 0.1) is 0 Å². The summed E-state index contributed by atoms with van der Waals surface area (Å²) in [5, 5.41) is 0. The lowest BCUT2D eigenvalue weighted by Crippen LogP contribution is -2.27. The molecule has 0 bridgehead atoms. The van der Waals surface area contributed by atoms with E-state index in [1.54, 1.807) is 7.11 Å². The maximum absolute atomic E-state index is 12.8. The number of halogens is 1. The number of anilines is 1. The molecule has 0 aliphatic carbocycles. The van der Waals surface area contributed by atoms with Gasteiger partial charge in [0.15, 0.2) is 4.90 Å². The van der Waals surface area contributed by atoms with Crippen LogP contribution in [0.5, 0.6) is 5.88 Å². The van der Waals surface area contributed by atoms with Crippen molar-refractivity contribution < 1.29 is 13.7 Å². The van der Waals surface area contributed by atoms with E-state index in [1.165, 1.54) is 5.56 Å². The predicted molar refractivity (Wildman–Crippen MR) is 116 cm³/mol. The third kappa shape index (κ3) is 5.62. The van der Waals surface area contributed by atoms with Crippen molar-refractivity contribution in [3.63, 3.8) is 0 Å². The second-order valence-corrected chi connectivity index (χ2v) is 8.84. The van der Waals surface area contributed by atoms with Crippen molar-refractivity contribution in [2.24, 2.45) is 0 Å². The first kappa shape index (κ1) is 21.9. The minimum absolute atomic E-state index is 0.284. The number of nitrogens with one attached hydrogen (secondary N) is 1. The number of aromatic nitrogens is 1. The van der Waals surface area contributed by atoms with Crippen LogP contribution in [0.1, 0.15) is 43.0 Å². The molecule has 1 aliphatic heterocycles. The van der Waals surface area contributed by atoms with E-state index in [-0.39, 0.29) is 6.67 Å². The molecule has 0 spiro atoms. The van der Waals surface area contributed by atoms with Gasteiger partial charge in [0, 0.05) is 31.7 Å². The van der Waals surface area contributed by atoms with Gasteiger partial charge in [0.25, 0.3) is 0 Å². The second-order valence-electron chi connectivity index (χ2n) is 7.63. The van der Waals surface area contributed by atoms with E-state index in [9.17, 15) is 8.94 Å². The third-order valence-corrected chi connectivity index (χ3v) is 6.39. The topological polar surface area (TPSA) is 60.4 Å². The molecule has 0 fully saturated rings. The van der Waals surface area contributed by atoms with Gasteiger partial charge in [0.2, 0.25) is 5.88 Å². The zero-order valence-corrected chi connectivity index (χ0v) is 18.2. The molecule has 3 rings (SSSR count). The summed E-state index contributed by atoms with van der Waals surface area (Å²) in [5.74, 6) is 0.886. The Morgan fingerprint density at radius 3 is 2.62 bits per heavy atom. The van der Waals surface area contributed by atoms with E-state index in [4.69, 9.17) is 4.74 Å². The number of hydrogen-bond acceptors (Lipinski definition) is 5. The lowest BCUT2D eigenvalue weighted by Gasteiger charge is -2.18. The Bertz CT molecular complexity index is 801. The summed E-state index contributed by atoms with van der Waals surface area (Å²) >= 11 is -1.41. The first-order valence-electron chi connectivity index (χ1n) is 10.1. The molecular weight excluding hydrogens is 389 g/mol. The summed E-state index contributed by atoms with van der Waals surface area (Å²) in [4.78, 5) is 7.66. The van der Waals surface area contributed by atoms with Crippen LogP contribution in [-0.2, 0) is 24.2 Å². The highest BCUT2D eigenvalue weighted by Crippen LogP contribution is 2.29. The number of fused-ring (bicyclic) bond motifs is 1. The standard InChI is InChI=1S/C22H30FN3O2S/c1-16(2)17-5-7-19(8-6-17)29(27)25-21-15-18-9-13-26(12-4-11-23)14-10-20(18)24-22(21)28-3/h5-8,15-16,25H,4,9-14H2,1-3H3. The first-order chi connectivity index (χ1) is 14.0. The van der Waals surface area contributed by atoms with Crippen molar-refractivity contribution in [2.75, 3.05) is 38.1 Å². The maximum atomic E-state index is 12.8. The van der Waals surface area contributed by atoms with Gasteiger partial charge >= 0.3 is 0 Å². The zero-order valence-electron chi connectivity index (χ0n) is 17.4. The Kier molecular flexibility index (Phi) is 7.75. The number of rotatable bonds is 8. The quantitative estimate of drug-likeness (QED) is 0.653. The molecule has 158 valence electrons. The number of ether oxygens (including phenoxy) is 1.